The molecule has 0 fully saturated rings. The maximum absolute atomic E-state index is 10.6. The van der Waals surface area contributed by atoms with Crippen molar-refractivity contribution in [1.82, 2.24) is 9.97 Å². The van der Waals surface area contributed by atoms with Crippen molar-refractivity contribution >= 4 is 18.3 Å². The first-order valence-corrected chi connectivity index (χ1v) is 3.31. The molecule has 0 bridgehead atoms. The molecule has 1 rings (SSSR count). The summed E-state index contributed by atoms with van der Waals surface area (Å²) in [5.74, 6) is 0.0749. The molecule has 0 spiro atoms. The van der Waals surface area contributed by atoms with Gasteiger partial charge in [-0.1, -0.05) is 0 Å². The molecule has 0 aliphatic rings. The topological polar surface area (TPSA) is 81.2 Å². The Bertz CT molecular complexity index is 309. The number of rotatable bonds is 2. The number of aromatic nitrogens is 2. The molecule has 6 heteroatoms. The fourth-order valence-corrected chi connectivity index (χ4v) is 0.588. The van der Waals surface area contributed by atoms with E-state index >= 15 is 0 Å². The van der Waals surface area contributed by atoms with Crippen molar-refractivity contribution in [2.24, 2.45) is 0 Å². The smallest absolute Gasteiger partial charge is 0.413 e. The zero-order chi connectivity index (χ0) is 9.68. The van der Waals surface area contributed by atoms with Gasteiger partial charge in [0.15, 0.2) is 0 Å². The fraction of sp³-hybridized carbons (Fsp3) is 0.143. The Morgan fingerprint density at radius 2 is 2.15 bits per heavy atom. The highest BCUT2D eigenvalue weighted by atomic mass is 16.5. The summed E-state index contributed by atoms with van der Waals surface area (Å²) in [5, 5.41) is 2.23. The molecule has 1 amide bonds. The number of ether oxygens (including phenoxy) is 1. The van der Waals surface area contributed by atoms with Crippen LogP contribution in [0.3, 0.4) is 0 Å². The number of carbonyl (C=O) groups is 1. The highest BCUT2D eigenvalue weighted by Gasteiger charge is 2.02. The van der Waals surface area contributed by atoms with E-state index in [1.165, 1.54) is 19.5 Å². The minimum absolute atomic E-state index is 0.0749. The van der Waals surface area contributed by atoms with Crippen molar-refractivity contribution in [2.75, 3.05) is 12.4 Å². The van der Waals surface area contributed by atoms with Crippen molar-refractivity contribution in [2.45, 2.75) is 0 Å². The van der Waals surface area contributed by atoms with E-state index in [4.69, 9.17) is 0 Å². The van der Waals surface area contributed by atoms with Crippen molar-refractivity contribution in [1.29, 1.82) is 0 Å². The van der Waals surface area contributed by atoms with Crippen LogP contribution in [0.4, 0.5) is 10.7 Å². The normalized spacial score (nSPS) is 9.00. The molecule has 0 saturated heterocycles. The molecule has 67 valence electrons. The van der Waals surface area contributed by atoms with Crippen LogP contribution in [0.2, 0.25) is 0 Å². The largest absolute Gasteiger partial charge is 0.453 e. The highest BCUT2D eigenvalue weighted by molar-refractivity contribution is 5.82. The molecule has 1 heterocycles. The van der Waals surface area contributed by atoms with Crippen LogP contribution in [-0.4, -0.2) is 29.5 Å². The lowest BCUT2D eigenvalue weighted by Crippen LogP contribution is -2.13. The number of hydrogen-bond acceptors (Lipinski definition) is 5. The maximum atomic E-state index is 10.6. The first-order valence-electron chi connectivity index (χ1n) is 3.31. The van der Waals surface area contributed by atoms with E-state index in [2.05, 4.69) is 20.0 Å². The Balaban J connectivity index is 2.69. The zero-order valence-corrected chi connectivity index (χ0v) is 6.77. The monoisotopic (exact) mass is 180 g/mol. The number of hydrogen-bond donors (Lipinski definition) is 1. The number of methoxy groups -OCH3 is 1. The van der Waals surface area contributed by atoms with Crippen LogP contribution >= 0.6 is 0 Å². The molecule has 0 aliphatic carbocycles. The summed E-state index contributed by atoms with van der Waals surface area (Å²) >= 11 is 0. The van der Waals surface area contributed by atoms with Crippen LogP contribution in [0, 0.1) is 0 Å². The van der Waals surface area contributed by atoms with Gasteiger partial charge in [0, 0.05) is 12.4 Å². The molecule has 0 aliphatic heterocycles. The molecule has 0 aromatic carbocycles. The van der Waals surface area contributed by atoms with Gasteiger partial charge in [0.1, 0.15) is 0 Å². The van der Waals surface area contributed by atoms with Gasteiger partial charge < -0.3 is 4.74 Å². The molecule has 1 radical (unpaired) electrons. The van der Waals surface area contributed by atoms with Crippen molar-refractivity contribution < 1.29 is 14.3 Å². The molecular formula is C7H6N3O3. The number of anilines is 1. The second-order valence-electron chi connectivity index (χ2n) is 2.01. The number of amides is 1. The molecule has 13 heavy (non-hydrogen) atoms. The van der Waals surface area contributed by atoms with Crippen LogP contribution in [0.1, 0.15) is 5.56 Å². The quantitative estimate of drug-likeness (QED) is 0.698. The van der Waals surface area contributed by atoms with Crippen LogP contribution in [0.25, 0.3) is 0 Å². The van der Waals surface area contributed by atoms with Crippen molar-refractivity contribution in [3.05, 3.63) is 18.0 Å². The minimum atomic E-state index is -0.664. The van der Waals surface area contributed by atoms with Gasteiger partial charge in [-0.05, 0) is 0 Å². The van der Waals surface area contributed by atoms with E-state index in [0.29, 0.717) is 0 Å². The predicted octanol–water partition coefficient (Wildman–Crippen LogP) is 0.113. The molecule has 1 aromatic rings. The number of nitrogens with zero attached hydrogens (tertiary/aromatic N) is 2. The number of nitrogens with one attached hydrogen (secondary N) is 1. The average Bonchev–Trinajstić information content (AvgIpc) is 2.19. The Morgan fingerprint density at radius 3 is 2.62 bits per heavy atom. The summed E-state index contributed by atoms with van der Waals surface area (Å²) in [6.07, 6.45) is 3.42. The van der Waals surface area contributed by atoms with E-state index in [1.54, 1.807) is 6.29 Å². The Morgan fingerprint density at radius 1 is 1.54 bits per heavy atom. The summed E-state index contributed by atoms with van der Waals surface area (Å²) in [6, 6.07) is 0. The third-order valence-electron chi connectivity index (χ3n) is 1.17. The van der Waals surface area contributed by atoms with Gasteiger partial charge in [0.05, 0.1) is 12.7 Å². The SMILES string of the molecule is COC(=O)Nc1ncc([C]=O)cn1. The Kier molecular flexibility index (Phi) is 2.91. The zero-order valence-electron chi connectivity index (χ0n) is 6.77. The van der Waals surface area contributed by atoms with E-state index in [9.17, 15) is 9.59 Å². The van der Waals surface area contributed by atoms with Crippen LogP contribution in [-0.2, 0) is 9.53 Å². The molecule has 1 N–H and O–H groups in total. The third-order valence-corrected chi connectivity index (χ3v) is 1.17. The molecule has 0 atom stereocenters. The summed E-state index contributed by atoms with van der Waals surface area (Å²) in [6.45, 7) is 0. The van der Waals surface area contributed by atoms with Crippen LogP contribution in [0.15, 0.2) is 12.4 Å². The Hall–Kier alpha value is -1.98. The van der Waals surface area contributed by atoms with Gasteiger partial charge >= 0.3 is 6.09 Å². The lowest BCUT2D eigenvalue weighted by atomic mass is 10.4. The fourth-order valence-electron chi connectivity index (χ4n) is 0.588. The van der Waals surface area contributed by atoms with E-state index in [-0.39, 0.29) is 11.5 Å². The summed E-state index contributed by atoms with van der Waals surface area (Å²) < 4.78 is 4.30. The predicted molar refractivity (Wildman–Crippen MR) is 42.9 cm³/mol. The minimum Gasteiger partial charge on any atom is -0.453 e. The van der Waals surface area contributed by atoms with Crippen molar-refractivity contribution in [3.8, 4) is 0 Å². The molecule has 0 unspecified atom stereocenters. The summed E-state index contributed by atoms with van der Waals surface area (Å²) in [7, 11) is 1.23. The van der Waals surface area contributed by atoms with Gasteiger partial charge in [0.2, 0.25) is 12.2 Å². The van der Waals surface area contributed by atoms with Gasteiger partial charge in [-0.25, -0.2) is 14.8 Å². The first-order chi connectivity index (χ1) is 6.26. The standard InChI is InChI=1S/C7H6N3O3/c1-13-7(12)10-6-8-2-5(4-11)3-9-6/h2-3H,1H3,(H,8,9,10,12). The van der Waals surface area contributed by atoms with Crippen molar-refractivity contribution in [3.63, 3.8) is 0 Å². The van der Waals surface area contributed by atoms with Crippen LogP contribution in [0.5, 0.6) is 0 Å². The van der Waals surface area contributed by atoms with E-state index < -0.39 is 6.09 Å². The maximum Gasteiger partial charge on any atom is 0.413 e. The summed E-state index contributed by atoms with van der Waals surface area (Å²) in [4.78, 5) is 28.0. The average molecular weight is 180 g/mol. The second kappa shape index (κ2) is 4.15. The van der Waals surface area contributed by atoms with E-state index in [0.717, 1.165) is 0 Å². The number of carbonyl (C=O) groups excluding carboxylic acids is 2. The third kappa shape index (κ3) is 2.51. The van der Waals surface area contributed by atoms with Gasteiger partial charge in [-0.15, -0.1) is 0 Å². The molecule has 0 saturated carbocycles. The van der Waals surface area contributed by atoms with Gasteiger partial charge in [0.25, 0.3) is 0 Å². The lowest BCUT2D eigenvalue weighted by molar-refractivity contribution is 0.186. The van der Waals surface area contributed by atoms with Crippen LogP contribution < -0.4 is 5.32 Å². The molecule has 6 nitrogen and oxygen atoms in total. The first kappa shape index (κ1) is 9.11. The lowest BCUT2D eigenvalue weighted by Gasteiger charge is -1.99. The van der Waals surface area contributed by atoms with Gasteiger partial charge in [-0.2, -0.15) is 0 Å². The Labute approximate surface area is 74.0 Å². The van der Waals surface area contributed by atoms with Gasteiger partial charge in [-0.3, -0.25) is 10.1 Å². The van der Waals surface area contributed by atoms with E-state index in [1.807, 2.05) is 0 Å². The molecular weight excluding hydrogens is 174 g/mol. The molecule has 1 aromatic heterocycles. The highest BCUT2D eigenvalue weighted by Crippen LogP contribution is 1.97. The summed E-state index contributed by atoms with van der Waals surface area (Å²) in [5.41, 5.74) is 0.218. The second-order valence-corrected chi connectivity index (χ2v) is 2.01.